The fraction of sp³-hybridized carbons (Fsp3) is 0.0588. The molecule has 0 amide bonds. The van der Waals surface area contributed by atoms with E-state index in [2.05, 4.69) is 41.8 Å². The fourth-order valence-corrected chi connectivity index (χ4v) is 3.36. The molecule has 6 heteroatoms. The Bertz CT molecular complexity index is 1100. The van der Waals surface area contributed by atoms with Gasteiger partial charge in [0.1, 0.15) is 16.9 Å². The summed E-state index contributed by atoms with van der Waals surface area (Å²) in [5.41, 5.74) is 2.30. The van der Waals surface area contributed by atoms with Crippen molar-refractivity contribution >= 4 is 53.9 Å². The number of furan rings is 1. The third kappa shape index (κ3) is 2.62. The standard InChI is InChI=1S/C17H10Br2N2O2/c18-10-5-6-13-11(8-10)15-16(23-13)17(22)21-14(20-15)7-9-3-1-2-4-12(9)19/h1-6,8H,7H2,(H,20,21,22). The number of rotatable bonds is 2. The van der Waals surface area contributed by atoms with Crippen molar-refractivity contribution in [2.24, 2.45) is 0 Å². The largest absolute Gasteiger partial charge is 0.449 e. The highest BCUT2D eigenvalue weighted by Crippen LogP contribution is 2.28. The number of aromatic amines is 1. The number of H-pyrrole nitrogens is 1. The molecule has 2 aromatic carbocycles. The zero-order chi connectivity index (χ0) is 16.0. The van der Waals surface area contributed by atoms with E-state index >= 15 is 0 Å². The summed E-state index contributed by atoms with van der Waals surface area (Å²) in [6.45, 7) is 0. The Labute approximate surface area is 147 Å². The van der Waals surface area contributed by atoms with Crippen molar-refractivity contribution in [1.82, 2.24) is 9.97 Å². The van der Waals surface area contributed by atoms with Crippen molar-refractivity contribution in [3.63, 3.8) is 0 Å². The van der Waals surface area contributed by atoms with Gasteiger partial charge in [-0.1, -0.05) is 50.1 Å². The fourth-order valence-electron chi connectivity index (χ4n) is 2.58. The van der Waals surface area contributed by atoms with Gasteiger partial charge in [0.25, 0.3) is 5.56 Å². The molecule has 2 aromatic heterocycles. The van der Waals surface area contributed by atoms with Gasteiger partial charge in [0, 0.05) is 20.8 Å². The maximum absolute atomic E-state index is 12.3. The Kier molecular flexibility index (Phi) is 3.58. The summed E-state index contributed by atoms with van der Waals surface area (Å²) in [6.07, 6.45) is 0.535. The van der Waals surface area contributed by atoms with E-state index in [9.17, 15) is 4.79 Å². The second kappa shape index (κ2) is 5.62. The van der Waals surface area contributed by atoms with Crippen molar-refractivity contribution in [3.8, 4) is 0 Å². The molecule has 1 N–H and O–H groups in total. The van der Waals surface area contributed by atoms with Gasteiger partial charge >= 0.3 is 0 Å². The topological polar surface area (TPSA) is 58.9 Å². The normalized spacial score (nSPS) is 11.4. The number of aromatic nitrogens is 2. The molecule has 0 aliphatic rings. The molecule has 23 heavy (non-hydrogen) atoms. The molecule has 4 rings (SSSR count). The van der Waals surface area contributed by atoms with Crippen molar-refractivity contribution in [1.29, 1.82) is 0 Å². The third-order valence-electron chi connectivity index (χ3n) is 3.65. The zero-order valence-electron chi connectivity index (χ0n) is 11.8. The van der Waals surface area contributed by atoms with E-state index in [1.165, 1.54) is 0 Å². The lowest BCUT2D eigenvalue weighted by atomic mass is 10.1. The van der Waals surface area contributed by atoms with E-state index in [4.69, 9.17) is 4.42 Å². The van der Waals surface area contributed by atoms with Gasteiger partial charge in [0.2, 0.25) is 5.58 Å². The van der Waals surface area contributed by atoms with E-state index in [1.54, 1.807) is 0 Å². The van der Waals surface area contributed by atoms with E-state index in [0.29, 0.717) is 23.3 Å². The van der Waals surface area contributed by atoms with E-state index in [0.717, 1.165) is 19.9 Å². The molecular formula is C17H10Br2N2O2. The molecule has 4 aromatic rings. The van der Waals surface area contributed by atoms with Crippen molar-refractivity contribution in [3.05, 3.63) is 73.2 Å². The molecule has 2 heterocycles. The smallest absolute Gasteiger partial charge is 0.294 e. The predicted octanol–water partition coefficient (Wildman–Crippen LogP) is 4.79. The van der Waals surface area contributed by atoms with Gasteiger partial charge in [-0.3, -0.25) is 4.79 Å². The highest BCUT2D eigenvalue weighted by atomic mass is 79.9. The summed E-state index contributed by atoms with van der Waals surface area (Å²) in [4.78, 5) is 19.7. The van der Waals surface area contributed by atoms with Crippen LogP contribution >= 0.6 is 31.9 Å². The summed E-state index contributed by atoms with van der Waals surface area (Å²) in [5.74, 6) is 0.608. The molecule has 0 saturated heterocycles. The highest BCUT2D eigenvalue weighted by Gasteiger charge is 2.14. The molecule has 0 spiro atoms. The Hall–Kier alpha value is -1.92. The summed E-state index contributed by atoms with van der Waals surface area (Å²) in [5, 5.41) is 0.828. The molecule has 114 valence electrons. The Morgan fingerprint density at radius 2 is 1.96 bits per heavy atom. The number of nitrogens with zero attached hydrogens (tertiary/aromatic N) is 1. The lowest BCUT2D eigenvalue weighted by Crippen LogP contribution is -2.11. The third-order valence-corrected chi connectivity index (χ3v) is 4.92. The first kappa shape index (κ1) is 14.7. The van der Waals surface area contributed by atoms with E-state index in [-0.39, 0.29) is 11.1 Å². The highest BCUT2D eigenvalue weighted by molar-refractivity contribution is 9.10. The minimum atomic E-state index is -0.260. The van der Waals surface area contributed by atoms with Gasteiger partial charge in [0.05, 0.1) is 0 Å². The van der Waals surface area contributed by atoms with Crippen LogP contribution in [-0.4, -0.2) is 9.97 Å². The van der Waals surface area contributed by atoms with Crippen LogP contribution in [0.15, 0.2) is 60.6 Å². The average molecular weight is 434 g/mol. The maximum Gasteiger partial charge on any atom is 0.294 e. The molecule has 0 unspecified atom stereocenters. The first-order valence-electron chi connectivity index (χ1n) is 6.96. The Balaban J connectivity index is 1.92. The number of fused-ring (bicyclic) bond motifs is 3. The lowest BCUT2D eigenvalue weighted by molar-refractivity contribution is 0.659. The van der Waals surface area contributed by atoms with Gasteiger partial charge in [-0.05, 0) is 29.8 Å². The van der Waals surface area contributed by atoms with Crippen LogP contribution in [0.3, 0.4) is 0 Å². The van der Waals surface area contributed by atoms with Gasteiger partial charge in [-0.2, -0.15) is 0 Å². The predicted molar refractivity (Wildman–Crippen MR) is 96.8 cm³/mol. The second-order valence-corrected chi connectivity index (χ2v) is 6.97. The number of hydrogen-bond acceptors (Lipinski definition) is 3. The Morgan fingerprint density at radius 3 is 2.78 bits per heavy atom. The van der Waals surface area contributed by atoms with Crippen LogP contribution in [0, 0.1) is 0 Å². The van der Waals surface area contributed by atoms with Gasteiger partial charge in [0.15, 0.2) is 0 Å². The quantitative estimate of drug-likeness (QED) is 0.494. The summed E-state index contributed by atoms with van der Waals surface area (Å²) in [6, 6.07) is 13.5. The number of halogens is 2. The van der Waals surface area contributed by atoms with Crippen LogP contribution in [0.25, 0.3) is 22.1 Å². The molecule has 0 atom stereocenters. The molecule has 0 fully saturated rings. The number of hydrogen-bond donors (Lipinski definition) is 1. The first-order chi connectivity index (χ1) is 11.1. The minimum Gasteiger partial charge on any atom is -0.449 e. The monoisotopic (exact) mass is 432 g/mol. The van der Waals surface area contributed by atoms with Crippen LogP contribution in [0.5, 0.6) is 0 Å². The van der Waals surface area contributed by atoms with Crippen LogP contribution in [0.2, 0.25) is 0 Å². The van der Waals surface area contributed by atoms with Crippen LogP contribution in [0.4, 0.5) is 0 Å². The molecular weight excluding hydrogens is 424 g/mol. The lowest BCUT2D eigenvalue weighted by Gasteiger charge is -2.03. The second-order valence-electron chi connectivity index (χ2n) is 5.20. The molecule has 4 nitrogen and oxygen atoms in total. The van der Waals surface area contributed by atoms with Crippen LogP contribution in [0.1, 0.15) is 11.4 Å². The summed E-state index contributed by atoms with van der Waals surface area (Å²) in [7, 11) is 0. The zero-order valence-corrected chi connectivity index (χ0v) is 14.9. The average Bonchev–Trinajstić information content (AvgIpc) is 2.88. The number of nitrogens with one attached hydrogen (secondary N) is 1. The molecule has 0 aliphatic heterocycles. The van der Waals surface area contributed by atoms with Crippen molar-refractivity contribution in [2.75, 3.05) is 0 Å². The molecule has 0 aliphatic carbocycles. The van der Waals surface area contributed by atoms with Gasteiger partial charge < -0.3 is 9.40 Å². The minimum absolute atomic E-state index is 0.258. The van der Waals surface area contributed by atoms with Crippen LogP contribution in [-0.2, 0) is 6.42 Å². The maximum atomic E-state index is 12.3. The molecule has 0 bridgehead atoms. The SMILES string of the molecule is O=c1[nH]c(Cc2ccccc2Br)nc2c1oc1ccc(Br)cc12. The van der Waals surface area contributed by atoms with Gasteiger partial charge in [-0.15, -0.1) is 0 Å². The van der Waals surface area contributed by atoms with E-state index < -0.39 is 0 Å². The molecule has 0 radical (unpaired) electrons. The van der Waals surface area contributed by atoms with Crippen molar-refractivity contribution < 1.29 is 4.42 Å². The van der Waals surface area contributed by atoms with E-state index in [1.807, 2.05) is 42.5 Å². The van der Waals surface area contributed by atoms with Crippen LogP contribution < -0.4 is 5.56 Å². The van der Waals surface area contributed by atoms with Gasteiger partial charge in [-0.25, -0.2) is 4.98 Å². The Morgan fingerprint density at radius 1 is 1.13 bits per heavy atom. The number of benzene rings is 2. The summed E-state index contributed by atoms with van der Waals surface area (Å²) >= 11 is 6.96. The molecule has 0 saturated carbocycles. The van der Waals surface area contributed by atoms with Crippen molar-refractivity contribution in [2.45, 2.75) is 6.42 Å². The summed E-state index contributed by atoms with van der Waals surface area (Å²) < 4.78 is 7.54. The first-order valence-corrected chi connectivity index (χ1v) is 8.55.